The molecule has 3 heterocycles. The Balaban J connectivity index is 1.81. The summed E-state index contributed by atoms with van der Waals surface area (Å²) >= 11 is 0. The van der Waals surface area contributed by atoms with Gasteiger partial charge in [-0.05, 0) is 25.7 Å². The van der Waals surface area contributed by atoms with Crippen LogP contribution in [-0.2, 0) is 4.79 Å². The van der Waals surface area contributed by atoms with Crippen LogP contribution in [-0.4, -0.2) is 58.9 Å². The van der Waals surface area contributed by atoms with Gasteiger partial charge in [-0.15, -0.1) is 0 Å². The largest absolute Gasteiger partial charge is 0.357 e. The lowest BCUT2D eigenvalue weighted by atomic mass is 10.3. The number of carbonyl (C=O) groups is 1. The first-order valence-corrected chi connectivity index (χ1v) is 7.22. The Labute approximate surface area is 114 Å². The molecule has 5 heteroatoms. The molecule has 3 aliphatic heterocycles. The molecule has 0 aromatic heterocycles. The van der Waals surface area contributed by atoms with Crippen molar-refractivity contribution in [3.05, 3.63) is 12.3 Å². The van der Waals surface area contributed by atoms with Crippen LogP contribution in [0.5, 0.6) is 0 Å². The zero-order valence-corrected chi connectivity index (χ0v) is 11.5. The van der Waals surface area contributed by atoms with Crippen LogP contribution in [0, 0.1) is 6.20 Å². The highest BCUT2D eigenvalue weighted by Gasteiger charge is 2.31. The average molecular weight is 261 g/mol. The van der Waals surface area contributed by atoms with E-state index in [1.165, 1.54) is 25.7 Å². The van der Waals surface area contributed by atoms with Crippen LogP contribution in [0.25, 0.3) is 0 Å². The molecule has 0 aromatic carbocycles. The minimum Gasteiger partial charge on any atom is -0.357 e. The lowest BCUT2D eigenvalue weighted by molar-refractivity contribution is -0.131. The SMILES string of the molecule is CC(=O)N1[C]=CC(N2CCCC2)=NC1N1CCCC1. The highest BCUT2D eigenvalue weighted by atomic mass is 16.2. The molecule has 0 spiro atoms. The number of rotatable bonds is 1. The lowest BCUT2D eigenvalue weighted by Crippen LogP contribution is -2.49. The molecule has 1 radical (unpaired) electrons. The molecule has 0 saturated carbocycles. The van der Waals surface area contributed by atoms with Gasteiger partial charge in [0.1, 0.15) is 5.84 Å². The van der Waals surface area contributed by atoms with Crippen LogP contribution in [0.15, 0.2) is 11.1 Å². The number of aliphatic imine (C=N–C) groups is 1. The van der Waals surface area contributed by atoms with Crippen LogP contribution >= 0.6 is 0 Å². The molecule has 103 valence electrons. The van der Waals surface area contributed by atoms with E-state index in [1.54, 1.807) is 11.8 Å². The van der Waals surface area contributed by atoms with E-state index in [9.17, 15) is 4.79 Å². The Morgan fingerprint density at radius 1 is 1.21 bits per heavy atom. The second kappa shape index (κ2) is 5.33. The van der Waals surface area contributed by atoms with Gasteiger partial charge in [0.25, 0.3) is 0 Å². The van der Waals surface area contributed by atoms with E-state index in [2.05, 4.69) is 16.0 Å². The van der Waals surface area contributed by atoms with Crippen LogP contribution in [0.4, 0.5) is 0 Å². The van der Waals surface area contributed by atoms with Crippen molar-refractivity contribution < 1.29 is 4.79 Å². The highest BCUT2D eigenvalue weighted by molar-refractivity contribution is 5.94. The number of nitrogens with zero attached hydrogens (tertiary/aromatic N) is 4. The summed E-state index contributed by atoms with van der Waals surface area (Å²) in [5, 5.41) is 0. The van der Waals surface area contributed by atoms with Gasteiger partial charge in [-0.1, -0.05) is 0 Å². The molecule has 1 atom stereocenters. The molecular weight excluding hydrogens is 240 g/mol. The molecule has 3 rings (SSSR count). The van der Waals surface area contributed by atoms with E-state index < -0.39 is 0 Å². The standard InChI is InChI=1S/C14H21N4O/c1-12(19)18-11-6-13(16-7-2-3-8-16)15-14(18)17-9-4-5-10-17/h6,14H,2-5,7-10H2,1H3. The maximum Gasteiger partial charge on any atom is 0.226 e. The zero-order valence-electron chi connectivity index (χ0n) is 11.5. The van der Waals surface area contributed by atoms with Crippen molar-refractivity contribution in [2.75, 3.05) is 26.2 Å². The number of hydrogen-bond donors (Lipinski definition) is 0. The summed E-state index contributed by atoms with van der Waals surface area (Å²) in [5.41, 5.74) is 0. The Kier molecular flexibility index (Phi) is 3.55. The van der Waals surface area contributed by atoms with Crippen LogP contribution < -0.4 is 0 Å². The summed E-state index contributed by atoms with van der Waals surface area (Å²) in [6, 6.07) is 0. The summed E-state index contributed by atoms with van der Waals surface area (Å²) in [5.74, 6) is 1.00. The van der Waals surface area contributed by atoms with E-state index in [-0.39, 0.29) is 12.2 Å². The normalized spacial score (nSPS) is 28.1. The van der Waals surface area contributed by atoms with Crippen LogP contribution in [0.1, 0.15) is 32.6 Å². The van der Waals surface area contributed by atoms with Crippen molar-refractivity contribution in [1.82, 2.24) is 14.7 Å². The van der Waals surface area contributed by atoms with E-state index in [4.69, 9.17) is 4.99 Å². The molecule has 2 saturated heterocycles. The number of likely N-dealkylation sites (tertiary alicyclic amines) is 2. The van der Waals surface area contributed by atoms with Gasteiger partial charge in [0.15, 0.2) is 6.29 Å². The first-order valence-electron chi connectivity index (χ1n) is 7.22. The van der Waals surface area contributed by atoms with Gasteiger partial charge in [0.05, 0.1) is 6.20 Å². The van der Waals surface area contributed by atoms with Gasteiger partial charge < -0.3 is 4.90 Å². The molecule has 0 N–H and O–H groups in total. The molecule has 0 aliphatic carbocycles. The minimum absolute atomic E-state index is 0.0115. The molecule has 0 bridgehead atoms. The molecule has 2 fully saturated rings. The summed E-state index contributed by atoms with van der Waals surface area (Å²) in [7, 11) is 0. The molecule has 3 aliphatic rings. The molecular formula is C14H21N4O. The van der Waals surface area contributed by atoms with Crippen LogP contribution in [0.3, 0.4) is 0 Å². The van der Waals surface area contributed by atoms with Crippen molar-refractivity contribution in [1.29, 1.82) is 0 Å². The number of hydrogen-bond acceptors (Lipinski definition) is 4. The Hall–Kier alpha value is -1.36. The third-order valence-electron chi connectivity index (χ3n) is 4.05. The topological polar surface area (TPSA) is 39.2 Å². The molecule has 1 unspecified atom stereocenters. The quantitative estimate of drug-likeness (QED) is 0.708. The van der Waals surface area contributed by atoms with E-state index in [0.717, 1.165) is 32.0 Å². The van der Waals surface area contributed by atoms with Gasteiger partial charge >= 0.3 is 0 Å². The molecule has 0 aromatic rings. The predicted octanol–water partition coefficient (Wildman–Crippen LogP) is 1.04. The van der Waals surface area contributed by atoms with Gasteiger partial charge in [-0.3, -0.25) is 14.6 Å². The zero-order chi connectivity index (χ0) is 13.2. The van der Waals surface area contributed by atoms with E-state index in [1.807, 2.05) is 6.08 Å². The third-order valence-corrected chi connectivity index (χ3v) is 4.05. The van der Waals surface area contributed by atoms with Crippen molar-refractivity contribution in [3.8, 4) is 0 Å². The van der Waals surface area contributed by atoms with Crippen molar-refractivity contribution in [3.63, 3.8) is 0 Å². The Bertz CT molecular complexity index is 406. The first-order chi connectivity index (χ1) is 9.25. The number of amides is 1. The smallest absolute Gasteiger partial charge is 0.226 e. The number of amidine groups is 1. The Morgan fingerprint density at radius 3 is 2.47 bits per heavy atom. The first kappa shape index (κ1) is 12.7. The van der Waals surface area contributed by atoms with Crippen molar-refractivity contribution in [2.45, 2.75) is 38.9 Å². The molecule has 19 heavy (non-hydrogen) atoms. The van der Waals surface area contributed by atoms with E-state index >= 15 is 0 Å². The van der Waals surface area contributed by atoms with Gasteiger partial charge in [-0.2, -0.15) is 0 Å². The third kappa shape index (κ3) is 2.52. The fraction of sp³-hybridized carbons (Fsp3) is 0.714. The van der Waals surface area contributed by atoms with E-state index in [0.29, 0.717) is 0 Å². The van der Waals surface area contributed by atoms with Gasteiger partial charge in [0.2, 0.25) is 5.91 Å². The van der Waals surface area contributed by atoms with Crippen molar-refractivity contribution in [2.24, 2.45) is 4.99 Å². The average Bonchev–Trinajstić information content (AvgIpc) is 3.11. The second-order valence-corrected chi connectivity index (χ2v) is 5.43. The van der Waals surface area contributed by atoms with Gasteiger partial charge in [-0.25, -0.2) is 4.99 Å². The minimum atomic E-state index is -0.180. The van der Waals surface area contributed by atoms with Crippen LogP contribution in [0.2, 0.25) is 0 Å². The maximum absolute atomic E-state index is 11.7. The lowest BCUT2D eigenvalue weighted by Gasteiger charge is -2.35. The summed E-state index contributed by atoms with van der Waals surface area (Å²) < 4.78 is 0. The van der Waals surface area contributed by atoms with Gasteiger partial charge in [0, 0.05) is 39.2 Å². The monoisotopic (exact) mass is 261 g/mol. The number of carbonyl (C=O) groups excluding carboxylic acids is 1. The second-order valence-electron chi connectivity index (χ2n) is 5.43. The summed E-state index contributed by atoms with van der Waals surface area (Å²) in [6.07, 6.45) is 9.66. The Morgan fingerprint density at radius 2 is 1.84 bits per heavy atom. The fourth-order valence-corrected chi connectivity index (χ4v) is 3.00. The molecule has 5 nitrogen and oxygen atoms in total. The highest BCUT2D eigenvalue weighted by Crippen LogP contribution is 2.21. The summed E-state index contributed by atoms with van der Waals surface area (Å²) in [6.45, 7) is 5.77. The summed E-state index contributed by atoms with van der Waals surface area (Å²) in [4.78, 5) is 22.7. The maximum atomic E-state index is 11.7. The molecule has 1 amide bonds. The predicted molar refractivity (Wildman–Crippen MR) is 73.2 cm³/mol. The van der Waals surface area contributed by atoms with Crippen molar-refractivity contribution >= 4 is 11.7 Å². The fourth-order valence-electron chi connectivity index (χ4n) is 3.00.